The van der Waals surface area contributed by atoms with Gasteiger partial charge in [0.25, 0.3) is 0 Å². The van der Waals surface area contributed by atoms with Crippen LogP contribution in [0.2, 0.25) is 0 Å². The van der Waals surface area contributed by atoms with Gasteiger partial charge in [-0.2, -0.15) is 0 Å². The molecule has 0 radical (unpaired) electrons. The Kier molecular flexibility index (Phi) is 17.7. The minimum atomic E-state index is -4.87. The number of aryl methyl sites for hydroxylation is 1. The van der Waals surface area contributed by atoms with E-state index in [1.165, 1.54) is 19.2 Å². The molecule has 2 aromatic carbocycles. The second-order valence-electron chi connectivity index (χ2n) is 17.5. The maximum atomic E-state index is 12.8. The fraction of sp³-hybridized carbons (Fsp3) is 0.692. The Bertz CT molecular complexity index is 1600. The van der Waals surface area contributed by atoms with Gasteiger partial charge in [0.1, 0.15) is 16.4 Å². The van der Waals surface area contributed by atoms with E-state index in [1.54, 1.807) is 12.1 Å². The van der Waals surface area contributed by atoms with Crippen molar-refractivity contribution in [3.8, 4) is 11.5 Å². The predicted octanol–water partition coefficient (Wildman–Crippen LogP) is 9.87. The number of halogens is 3. The molecule has 8 nitrogen and oxygen atoms in total. The Morgan fingerprint density at radius 2 is 1.13 bits per heavy atom. The smallest absolute Gasteiger partial charge is 0.495 e. The van der Waals surface area contributed by atoms with Crippen LogP contribution in [0.25, 0.3) is 0 Å². The summed E-state index contributed by atoms with van der Waals surface area (Å²) in [7, 11) is -5.65. The van der Waals surface area contributed by atoms with E-state index < -0.39 is 37.2 Å². The molecule has 300 valence electrons. The Balaban J connectivity index is 0.000000522. The lowest BCUT2D eigenvalue weighted by Crippen LogP contribution is -2.25. The molecule has 13 heteroatoms. The van der Waals surface area contributed by atoms with Crippen LogP contribution >= 0.6 is 0 Å². The standard InChI is InChI=1S/C20H34O4S.C19H29F3O4S/c1-16-9-10-18(17(13-16)23-7)25(21,22)15-20(5,6)11-8-12-24-14-19(2,3)4;1-17(2,3)13-25-11-7-10-18(4,5)14-27(23,24)16-9-6-8-15(12-16)26-19(20,21)22/h9-10,13H,8,11-12,14-15H2,1-7H3;6,8-9,12H,7,10-11,13-14H2,1-5H3. The third kappa shape index (κ3) is 20.2. The Hall–Kier alpha value is -2.35. The molecule has 0 unspecified atom stereocenters. The molecule has 2 rings (SSSR count). The van der Waals surface area contributed by atoms with Crippen LogP contribution in [0.4, 0.5) is 13.2 Å². The highest BCUT2D eigenvalue weighted by Crippen LogP contribution is 2.33. The summed E-state index contributed by atoms with van der Waals surface area (Å²) in [5.41, 5.74) is 0.347. The Morgan fingerprint density at radius 3 is 1.58 bits per heavy atom. The highest BCUT2D eigenvalue weighted by molar-refractivity contribution is 7.91. The number of alkyl halides is 3. The zero-order chi connectivity index (χ0) is 40.2. The molecule has 0 saturated carbocycles. The van der Waals surface area contributed by atoms with Gasteiger partial charge in [-0.3, -0.25) is 0 Å². The minimum absolute atomic E-state index is 0.0718. The lowest BCUT2D eigenvalue weighted by atomic mass is 9.90. The van der Waals surface area contributed by atoms with Gasteiger partial charge >= 0.3 is 6.36 Å². The van der Waals surface area contributed by atoms with E-state index in [0.29, 0.717) is 45.0 Å². The van der Waals surface area contributed by atoms with Crippen LogP contribution in [0.1, 0.15) is 100 Å². The molecule has 0 fully saturated rings. The van der Waals surface area contributed by atoms with Crippen molar-refractivity contribution in [3.05, 3.63) is 48.0 Å². The third-order valence-corrected chi connectivity index (χ3v) is 11.9. The van der Waals surface area contributed by atoms with Crippen LogP contribution in [0, 0.1) is 28.6 Å². The molecular weight excluding hydrogens is 718 g/mol. The van der Waals surface area contributed by atoms with Gasteiger partial charge in [0.15, 0.2) is 19.7 Å². The number of methoxy groups -OCH3 is 1. The van der Waals surface area contributed by atoms with Crippen molar-refractivity contribution in [1.82, 2.24) is 0 Å². The largest absolute Gasteiger partial charge is 0.573 e. The van der Waals surface area contributed by atoms with E-state index in [1.807, 2.05) is 40.7 Å². The first-order valence-electron chi connectivity index (χ1n) is 17.6. The van der Waals surface area contributed by atoms with Gasteiger partial charge in [0, 0.05) is 13.2 Å². The average Bonchev–Trinajstić information content (AvgIpc) is 2.93. The van der Waals surface area contributed by atoms with Gasteiger partial charge in [-0.25, -0.2) is 16.8 Å². The second kappa shape index (κ2) is 19.3. The van der Waals surface area contributed by atoms with E-state index in [2.05, 4.69) is 46.3 Å². The summed E-state index contributed by atoms with van der Waals surface area (Å²) in [6.07, 6.45) is -1.90. The van der Waals surface area contributed by atoms with Crippen LogP contribution in [0.15, 0.2) is 52.3 Å². The Labute approximate surface area is 312 Å². The van der Waals surface area contributed by atoms with E-state index in [9.17, 15) is 30.0 Å². The van der Waals surface area contributed by atoms with Gasteiger partial charge in [0.2, 0.25) is 0 Å². The highest BCUT2D eigenvalue weighted by atomic mass is 32.2. The lowest BCUT2D eigenvalue weighted by molar-refractivity contribution is -0.274. The summed E-state index contributed by atoms with van der Waals surface area (Å²) in [4.78, 5) is 0.0963. The summed E-state index contributed by atoms with van der Waals surface area (Å²) < 4.78 is 108. The maximum Gasteiger partial charge on any atom is 0.573 e. The zero-order valence-electron chi connectivity index (χ0n) is 33.3. The monoisotopic (exact) mass is 780 g/mol. The Morgan fingerprint density at radius 1 is 0.654 bits per heavy atom. The second-order valence-corrected chi connectivity index (χ2v) is 21.4. The molecule has 0 atom stereocenters. The summed E-state index contributed by atoms with van der Waals surface area (Å²) >= 11 is 0. The van der Waals surface area contributed by atoms with E-state index in [0.717, 1.165) is 30.5 Å². The van der Waals surface area contributed by atoms with Gasteiger partial charge < -0.3 is 18.9 Å². The van der Waals surface area contributed by atoms with E-state index in [4.69, 9.17) is 14.2 Å². The summed E-state index contributed by atoms with van der Waals surface area (Å²) in [6.45, 7) is 24.7. The van der Waals surface area contributed by atoms with Crippen molar-refractivity contribution < 1.29 is 49.0 Å². The molecule has 0 spiro atoms. The van der Waals surface area contributed by atoms with Crippen molar-refractivity contribution in [3.63, 3.8) is 0 Å². The fourth-order valence-electron chi connectivity index (χ4n) is 5.29. The fourth-order valence-corrected chi connectivity index (χ4v) is 9.27. The molecule has 0 amide bonds. The van der Waals surface area contributed by atoms with E-state index in [-0.39, 0.29) is 37.5 Å². The summed E-state index contributed by atoms with van der Waals surface area (Å²) in [5.74, 6) is -0.200. The van der Waals surface area contributed by atoms with Crippen LogP contribution in [-0.4, -0.2) is 68.2 Å². The van der Waals surface area contributed by atoms with Crippen molar-refractivity contribution in [2.24, 2.45) is 21.7 Å². The SMILES string of the molecule is CC(C)(C)COCCCC(C)(C)CS(=O)(=O)c1cccc(OC(F)(F)F)c1.COc1cc(C)ccc1S(=O)(=O)CC(C)(C)CCCOCC(C)(C)C. The van der Waals surface area contributed by atoms with Crippen LogP contribution in [-0.2, 0) is 29.1 Å². The highest BCUT2D eigenvalue weighted by Gasteiger charge is 2.33. The lowest BCUT2D eigenvalue weighted by Gasteiger charge is -2.25. The molecule has 0 aromatic heterocycles. The normalized spacial score (nSPS) is 13.4. The first-order valence-corrected chi connectivity index (χ1v) is 20.9. The first kappa shape index (κ1) is 47.7. The number of ether oxygens (including phenoxy) is 4. The van der Waals surface area contributed by atoms with Gasteiger partial charge in [-0.15, -0.1) is 13.2 Å². The molecule has 0 heterocycles. The number of hydrogen-bond donors (Lipinski definition) is 0. The molecule has 0 bridgehead atoms. The average molecular weight is 781 g/mol. The molecule has 0 aliphatic rings. The quantitative estimate of drug-likeness (QED) is 0.138. The number of rotatable bonds is 18. The van der Waals surface area contributed by atoms with Gasteiger partial charge in [0.05, 0.1) is 36.7 Å². The topological polar surface area (TPSA) is 105 Å². The van der Waals surface area contributed by atoms with Crippen LogP contribution < -0.4 is 9.47 Å². The molecule has 2 aromatic rings. The number of benzene rings is 2. The first-order chi connectivity index (χ1) is 23.5. The van der Waals surface area contributed by atoms with E-state index >= 15 is 0 Å². The molecule has 0 aliphatic heterocycles. The predicted molar refractivity (Wildman–Crippen MR) is 202 cm³/mol. The number of sulfone groups is 2. The van der Waals surface area contributed by atoms with Crippen LogP contribution in [0.3, 0.4) is 0 Å². The van der Waals surface area contributed by atoms with Gasteiger partial charge in [-0.1, -0.05) is 81.4 Å². The van der Waals surface area contributed by atoms with Crippen molar-refractivity contribution in [1.29, 1.82) is 0 Å². The molecular formula is C39H63F3O8S2. The molecule has 0 saturated heterocycles. The maximum absolute atomic E-state index is 12.8. The molecule has 52 heavy (non-hydrogen) atoms. The van der Waals surface area contributed by atoms with Crippen LogP contribution in [0.5, 0.6) is 11.5 Å². The van der Waals surface area contributed by atoms with Gasteiger partial charge in [-0.05, 0) is 90.2 Å². The minimum Gasteiger partial charge on any atom is -0.495 e. The molecule has 0 N–H and O–H groups in total. The summed E-state index contributed by atoms with van der Waals surface area (Å²) in [6, 6.07) is 9.72. The zero-order valence-corrected chi connectivity index (χ0v) is 35.0. The third-order valence-electron chi connectivity index (χ3n) is 7.57. The molecule has 0 aliphatic carbocycles. The van der Waals surface area contributed by atoms with Crippen molar-refractivity contribution in [2.45, 2.75) is 118 Å². The van der Waals surface area contributed by atoms with Crippen molar-refractivity contribution in [2.75, 3.05) is 45.0 Å². The number of hydrogen-bond acceptors (Lipinski definition) is 8. The summed E-state index contributed by atoms with van der Waals surface area (Å²) in [5, 5.41) is 0. The van der Waals surface area contributed by atoms with Crippen molar-refractivity contribution >= 4 is 19.7 Å².